The van der Waals surface area contributed by atoms with Crippen LogP contribution in [0.5, 0.6) is 0 Å². The lowest BCUT2D eigenvalue weighted by atomic mass is 10.0. The van der Waals surface area contributed by atoms with Crippen molar-refractivity contribution in [3.05, 3.63) is 22.9 Å². The van der Waals surface area contributed by atoms with E-state index in [0.29, 0.717) is 0 Å². The van der Waals surface area contributed by atoms with Crippen LogP contribution in [0.1, 0.15) is 20.8 Å². The minimum absolute atomic E-state index is 0.279. The highest BCUT2D eigenvalue weighted by Crippen LogP contribution is 2.26. The molecule has 0 atom stereocenters. The van der Waals surface area contributed by atoms with E-state index in [9.17, 15) is 0 Å². The second-order valence-corrected chi connectivity index (χ2v) is 6.33. The molecule has 1 fully saturated rings. The molecule has 0 spiro atoms. The molecule has 0 unspecified atom stereocenters. The predicted molar refractivity (Wildman–Crippen MR) is 75.5 cm³/mol. The standard InChI is InChI=1S/C13H20BrN3/c1-13(2,3)17-8-6-16(7-9-17)12-4-5-15-10-11(12)14/h4-5,10H,6-9H2,1-3H3. The molecule has 17 heavy (non-hydrogen) atoms. The molecule has 1 aromatic heterocycles. The first kappa shape index (κ1) is 12.8. The van der Waals surface area contributed by atoms with Gasteiger partial charge in [0.1, 0.15) is 0 Å². The first-order valence-electron chi connectivity index (χ1n) is 6.08. The highest BCUT2D eigenvalue weighted by atomic mass is 79.9. The maximum absolute atomic E-state index is 4.11. The number of pyridine rings is 1. The minimum atomic E-state index is 0.279. The van der Waals surface area contributed by atoms with Crippen LogP contribution in [0, 0.1) is 0 Å². The molecule has 0 N–H and O–H groups in total. The fourth-order valence-corrected chi connectivity index (χ4v) is 2.74. The summed E-state index contributed by atoms with van der Waals surface area (Å²) in [6.45, 7) is 11.3. The van der Waals surface area contributed by atoms with Crippen LogP contribution >= 0.6 is 15.9 Å². The van der Waals surface area contributed by atoms with Gasteiger partial charge in [-0.3, -0.25) is 9.88 Å². The van der Waals surface area contributed by atoms with Crippen molar-refractivity contribution in [2.24, 2.45) is 0 Å². The van der Waals surface area contributed by atoms with Crippen LogP contribution in [-0.2, 0) is 0 Å². The normalized spacial score (nSPS) is 18.5. The molecule has 1 aliphatic rings. The minimum Gasteiger partial charge on any atom is -0.368 e. The van der Waals surface area contributed by atoms with Gasteiger partial charge < -0.3 is 4.90 Å². The maximum atomic E-state index is 4.11. The lowest BCUT2D eigenvalue weighted by Gasteiger charge is -2.43. The number of hydrogen-bond donors (Lipinski definition) is 0. The van der Waals surface area contributed by atoms with Crippen molar-refractivity contribution < 1.29 is 0 Å². The van der Waals surface area contributed by atoms with Gasteiger partial charge in [0, 0.05) is 44.1 Å². The Morgan fingerprint density at radius 3 is 2.35 bits per heavy atom. The SMILES string of the molecule is CC(C)(C)N1CCN(c2ccncc2Br)CC1. The Hall–Kier alpha value is -0.610. The van der Waals surface area contributed by atoms with Crippen LogP contribution in [-0.4, -0.2) is 41.6 Å². The monoisotopic (exact) mass is 297 g/mol. The summed E-state index contributed by atoms with van der Waals surface area (Å²) in [5.41, 5.74) is 1.54. The Morgan fingerprint density at radius 1 is 1.18 bits per heavy atom. The highest BCUT2D eigenvalue weighted by molar-refractivity contribution is 9.10. The Kier molecular flexibility index (Phi) is 3.73. The third kappa shape index (κ3) is 2.99. The van der Waals surface area contributed by atoms with Crippen LogP contribution < -0.4 is 4.90 Å². The third-order valence-electron chi connectivity index (χ3n) is 3.32. The zero-order chi connectivity index (χ0) is 12.5. The summed E-state index contributed by atoms with van der Waals surface area (Å²) in [5, 5.41) is 0. The smallest absolute Gasteiger partial charge is 0.0592 e. The summed E-state index contributed by atoms with van der Waals surface area (Å²) >= 11 is 3.57. The van der Waals surface area contributed by atoms with Gasteiger partial charge in [-0.2, -0.15) is 0 Å². The van der Waals surface area contributed by atoms with Gasteiger partial charge in [0.25, 0.3) is 0 Å². The molecule has 0 bridgehead atoms. The predicted octanol–water partition coefficient (Wildman–Crippen LogP) is 2.76. The second kappa shape index (κ2) is 4.94. The fourth-order valence-electron chi connectivity index (χ4n) is 2.24. The van der Waals surface area contributed by atoms with E-state index in [1.54, 1.807) is 0 Å². The molecule has 0 saturated carbocycles. The summed E-state index contributed by atoms with van der Waals surface area (Å²) in [7, 11) is 0. The molecule has 0 radical (unpaired) electrons. The average Bonchev–Trinajstić information content (AvgIpc) is 2.29. The van der Waals surface area contributed by atoms with E-state index in [1.807, 2.05) is 12.4 Å². The molecule has 3 nitrogen and oxygen atoms in total. The van der Waals surface area contributed by atoms with Gasteiger partial charge in [0.2, 0.25) is 0 Å². The lowest BCUT2D eigenvalue weighted by molar-refractivity contribution is 0.128. The molecule has 0 aromatic carbocycles. The molecular formula is C13H20BrN3. The average molecular weight is 298 g/mol. The van der Waals surface area contributed by atoms with Crippen molar-refractivity contribution in [3.63, 3.8) is 0 Å². The van der Waals surface area contributed by atoms with Crippen molar-refractivity contribution in [3.8, 4) is 0 Å². The molecule has 4 heteroatoms. The quantitative estimate of drug-likeness (QED) is 0.795. The fraction of sp³-hybridized carbons (Fsp3) is 0.615. The van der Waals surface area contributed by atoms with Gasteiger partial charge in [-0.25, -0.2) is 0 Å². The van der Waals surface area contributed by atoms with E-state index in [0.717, 1.165) is 30.7 Å². The number of rotatable bonds is 1. The molecule has 1 aromatic rings. The van der Waals surface area contributed by atoms with E-state index in [2.05, 4.69) is 57.6 Å². The van der Waals surface area contributed by atoms with Crippen LogP contribution in [0.4, 0.5) is 5.69 Å². The van der Waals surface area contributed by atoms with Gasteiger partial charge in [-0.05, 0) is 42.8 Å². The first-order valence-corrected chi connectivity index (χ1v) is 6.87. The summed E-state index contributed by atoms with van der Waals surface area (Å²) in [6.07, 6.45) is 3.72. The molecule has 0 aliphatic carbocycles. The summed E-state index contributed by atoms with van der Waals surface area (Å²) in [6, 6.07) is 2.08. The van der Waals surface area contributed by atoms with Crippen LogP contribution in [0.25, 0.3) is 0 Å². The van der Waals surface area contributed by atoms with E-state index < -0.39 is 0 Å². The third-order valence-corrected chi connectivity index (χ3v) is 3.93. The molecule has 1 saturated heterocycles. The van der Waals surface area contributed by atoms with Crippen molar-refractivity contribution in [1.29, 1.82) is 0 Å². The van der Waals surface area contributed by atoms with E-state index in [1.165, 1.54) is 5.69 Å². The summed E-state index contributed by atoms with van der Waals surface area (Å²) in [4.78, 5) is 9.07. The van der Waals surface area contributed by atoms with Gasteiger partial charge in [-0.1, -0.05) is 0 Å². The Labute approximate surface area is 112 Å². The lowest BCUT2D eigenvalue weighted by Crippen LogP contribution is -2.53. The number of hydrogen-bond acceptors (Lipinski definition) is 3. The Bertz CT molecular complexity index is 378. The molecule has 1 aliphatic heterocycles. The number of piperazine rings is 1. The number of aromatic nitrogens is 1. The van der Waals surface area contributed by atoms with Crippen molar-refractivity contribution >= 4 is 21.6 Å². The van der Waals surface area contributed by atoms with Crippen molar-refractivity contribution in [1.82, 2.24) is 9.88 Å². The number of nitrogens with zero attached hydrogens (tertiary/aromatic N) is 3. The van der Waals surface area contributed by atoms with E-state index in [4.69, 9.17) is 0 Å². The zero-order valence-electron chi connectivity index (χ0n) is 10.8. The summed E-state index contributed by atoms with van der Waals surface area (Å²) < 4.78 is 1.09. The first-order chi connectivity index (χ1) is 7.98. The second-order valence-electron chi connectivity index (χ2n) is 5.47. The Morgan fingerprint density at radius 2 is 1.82 bits per heavy atom. The summed E-state index contributed by atoms with van der Waals surface area (Å²) in [5.74, 6) is 0. The van der Waals surface area contributed by atoms with Crippen molar-refractivity contribution in [2.75, 3.05) is 31.1 Å². The van der Waals surface area contributed by atoms with Crippen molar-refractivity contribution in [2.45, 2.75) is 26.3 Å². The zero-order valence-corrected chi connectivity index (χ0v) is 12.4. The molecule has 0 amide bonds. The van der Waals surface area contributed by atoms with Crippen LogP contribution in [0.15, 0.2) is 22.9 Å². The molecule has 2 rings (SSSR count). The van der Waals surface area contributed by atoms with Crippen LogP contribution in [0.2, 0.25) is 0 Å². The highest BCUT2D eigenvalue weighted by Gasteiger charge is 2.26. The number of anilines is 1. The van der Waals surface area contributed by atoms with Gasteiger partial charge in [-0.15, -0.1) is 0 Å². The van der Waals surface area contributed by atoms with Gasteiger partial charge in [0.05, 0.1) is 10.2 Å². The van der Waals surface area contributed by atoms with Crippen LogP contribution in [0.3, 0.4) is 0 Å². The van der Waals surface area contributed by atoms with E-state index in [-0.39, 0.29) is 5.54 Å². The molecule has 2 heterocycles. The van der Waals surface area contributed by atoms with Gasteiger partial charge >= 0.3 is 0 Å². The maximum Gasteiger partial charge on any atom is 0.0592 e. The molecular weight excluding hydrogens is 278 g/mol. The molecule has 94 valence electrons. The topological polar surface area (TPSA) is 19.4 Å². The Balaban J connectivity index is 2.03. The van der Waals surface area contributed by atoms with Gasteiger partial charge in [0.15, 0.2) is 0 Å². The van der Waals surface area contributed by atoms with E-state index >= 15 is 0 Å². The largest absolute Gasteiger partial charge is 0.368 e. The number of halogens is 1.